The Morgan fingerprint density at radius 1 is 1.08 bits per heavy atom. The first-order valence-electron chi connectivity index (χ1n) is 9.07. The molecule has 1 N–H and O–H groups in total. The molecule has 2 atom stereocenters. The first-order valence-corrected chi connectivity index (χ1v) is 9.07. The lowest BCUT2D eigenvalue weighted by molar-refractivity contribution is -0.117. The van der Waals surface area contributed by atoms with Gasteiger partial charge in [0.1, 0.15) is 0 Å². The Morgan fingerprint density at radius 3 is 2.42 bits per heavy atom. The lowest BCUT2D eigenvalue weighted by Crippen LogP contribution is -2.16. The van der Waals surface area contributed by atoms with Crippen LogP contribution < -0.4 is 5.32 Å². The zero-order valence-electron chi connectivity index (χ0n) is 15.1. The topological polar surface area (TPSA) is 46.9 Å². The van der Waals surface area contributed by atoms with E-state index in [9.17, 15) is 4.79 Å². The van der Waals surface area contributed by atoms with Gasteiger partial charge in [0.05, 0.1) is 23.6 Å². The van der Waals surface area contributed by atoms with E-state index in [1.54, 1.807) is 0 Å². The number of amides is 1. The summed E-state index contributed by atoms with van der Waals surface area (Å²) in [7, 11) is 0. The van der Waals surface area contributed by atoms with Crippen LogP contribution in [0.3, 0.4) is 0 Å². The Bertz CT molecular complexity index is 915. The molecule has 26 heavy (non-hydrogen) atoms. The quantitative estimate of drug-likeness (QED) is 0.750. The van der Waals surface area contributed by atoms with Gasteiger partial charge in [0.15, 0.2) is 0 Å². The minimum absolute atomic E-state index is 0.0636. The Balaban J connectivity index is 1.46. The predicted octanol–water partition coefficient (Wildman–Crippen LogP) is 4.29. The smallest absolute Gasteiger partial charge is 0.228 e. The maximum atomic E-state index is 12.7. The van der Waals surface area contributed by atoms with Gasteiger partial charge in [-0.2, -0.15) is 5.10 Å². The second-order valence-corrected chi connectivity index (χ2v) is 7.04. The number of rotatable bonds is 5. The van der Waals surface area contributed by atoms with Crippen molar-refractivity contribution in [2.24, 2.45) is 5.92 Å². The van der Waals surface area contributed by atoms with Crippen LogP contribution in [-0.4, -0.2) is 15.7 Å². The largest absolute Gasteiger partial charge is 0.323 e. The highest BCUT2D eigenvalue weighted by molar-refractivity contribution is 5.96. The number of aryl methyl sites for hydroxylation is 1. The van der Waals surface area contributed by atoms with Gasteiger partial charge in [-0.05, 0) is 37.3 Å². The standard InChI is InChI=1S/C22H23N3O/c1-15-21(16(2)25(24-15)14-17-9-5-3-6-10-17)23-22(26)20-13-19(20)18-11-7-4-8-12-18/h3-12,19-20H,13-14H2,1-2H3,(H,23,26). The van der Waals surface area contributed by atoms with Gasteiger partial charge < -0.3 is 5.32 Å². The Labute approximate surface area is 153 Å². The third-order valence-electron chi connectivity index (χ3n) is 5.16. The number of carbonyl (C=O) groups is 1. The highest BCUT2D eigenvalue weighted by Gasteiger charge is 2.44. The van der Waals surface area contributed by atoms with Gasteiger partial charge in [-0.25, -0.2) is 0 Å². The number of nitrogens with one attached hydrogen (secondary N) is 1. The number of hydrogen-bond acceptors (Lipinski definition) is 2. The molecule has 3 aromatic rings. The third kappa shape index (κ3) is 3.27. The molecule has 4 rings (SSSR count). The van der Waals surface area contributed by atoms with E-state index in [1.165, 1.54) is 11.1 Å². The van der Waals surface area contributed by atoms with Crippen LogP contribution in [0.15, 0.2) is 60.7 Å². The first-order chi connectivity index (χ1) is 12.6. The van der Waals surface area contributed by atoms with Crippen LogP contribution in [0.1, 0.15) is 34.9 Å². The lowest BCUT2D eigenvalue weighted by atomic mass is 10.1. The molecule has 1 saturated carbocycles. The zero-order chi connectivity index (χ0) is 18.1. The number of aromatic nitrogens is 2. The van der Waals surface area contributed by atoms with E-state index in [2.05, 4.69) is 34.7 Å². The molecule has 0 spiro atoms. The Hall–Kier alpha value is -2.88. The van der Waals surface area contributed by atoms with Gasteiger partial charge in [-0.1, -0.05) is 60.7 Å². The fraction of sp³-hybridized carbons (Fsp3) is 0.273. The number of benzene rings is 2. The van der Waals surface area contributed by atoms with Gasteiger partial charge in [0, 0.05) is 5.92 Å². The van der Waals surface area contributed by atoms with Crippen molar-refractivity contribution in [3.8, 4) is 0 Å². The van der Waals surface area contributed by atoms with Gasteiger partial charge in [-0.15, -0.1) is 0 Å². The summed E-state index contributed by atoms with van der Waals surface area (Å²) in [5.41, 5.74) is 5.16. The number of nitrogens with zero attached hydrogens (tertiary/aromatic N) is 2. The van der Waals surface area contributed by atoms with Crippen molar-refractivity contribution >= 4 is 11.6 Å². The van der Waals surface area contributed by atoms with Crippen LogP contribution in [0.4, 0.5) is 5.69 Å². The van der Waals surface area contributed by atoms with E-state index >= 15 is 0 Å². The van der Waals surface area contributed by atoms with Crippen molar-refractivity contribution in [2.45, 2.75) is 32.7 Å². The van der Waals surface area contributed by atoms with E-state index in [0.29, 0.717) is 12.5 Å². The highest BCUT2D eigenvalue weighted by Crippen LogP contribution is 2.48. The van der Waals surface area contributed by atoms with Crippen LogP contribution >= 0.6 is 0 Å². The molecular formula is C22H23N3O. The second kappa shape index (κ2) is 6.79. The molecule has 0 radical (unpaired) electrons. The number of anilines is 1. The van der Waals surface area contributed by atoms with Crippen molar-refractivity contribution < 1.29 is 4.79 Å². The molecule has 1 aliphatic rings. The molecule has 0 aliphatic heterocycles. The number of hydrogen-bond donors (Lipinski definition) is 1. The lowest BCUT2D eigenvalue weighted by Gasteiger charge is -2.07. The Morgan fingerprint density at radius 2 is 1.73 bits per heavy atom. The van der Waals surface area contributed by atoms with Gasteiger partial charge in [0.25, 0.3) is 0 Å². The van der Waals surface area contributed by atoms with Crippen LogP contribution in [0.5, 0.6) is 0 Å². The van der Waals surface area contributed by atoms with Crippen molar-refractivity contribution in [3.05, 3.63) is 83.2 Å². The molecule has 4 nitrogen and oxygen atoms in total. The molecule has 1 aromatic heterocycles. The van der Waals surface area contributed by atoms with Gasteiger partial charge in [-0.3, -0.25) is 9.48 Å². The van der Waals surface area contributed by atoms with E-state index in [4.69, 9.17) is 0 Å². The summed E-state index contributed by atoms with van der Waals surface area (Å²) in [4.78, 5) is 12.7. The van der Waals surface area contributed by atoms with Crippen LogP contribution in [0, 0.1) is 19.8 Å². The molecule has 1 heterocycles. The summed E-state index contributed by atoms with van der Waals surface area (Å²) in [5, 5.41) is 7.74. The molecule has 4 heteroatoms. The average molecular weight is 345 g/mol. The summed E-state index contributed by atoms with van der Waals surface area (Å²) in [5.74, 6) is 0.508. The highest BCUT2D eigenvalue weighted by atomic mass is 16.2. The molecule has 1 fully saturated rings. The molecule has 1 aliphatic carbocycles. The van der Waals surface area contributed by atoms with Crippen molar-refractivity contribution in [3.63, 3.8) is 0 Å². The Kier molecular flexibility index (Phi) is 4.33. The van der Waals surface area contributed by atoms with Crippen molar-refractivity contribution in [1.82, 2.24) is 9.78 Å². The normalized spacial score (nSPS) is 18.5. The first kappa shape index (κ1) is 16.6. The van der Waals surface area contributed by atoms with Crippen LogP contribution in [-0.2, 0) is 11.3 Å². The summed E-state index contributed by atoms with van der Waals surface area (Å²) in [6, 6.07) is 20.5. The minimum atomic E-state index is 0.0636. The molecular weight excluding hydrogens is 322 g/mol. The average Bonchev–Trinajstić information content (AvgIpc) is 3.43. The minimum Gasteiger partial charge on any atom is -0.323 e. The maximum absolute atomic E-state index is 12.7. The van der Waals surface area contributed by atoms with Crippen molar-refractivity contribution in [2.75, 3.05) is 5.32 Å². The fourth-order valence-electron chi connectivity index (χ4n) is 3.56. The van der Waals surface area contributed by atoms with Crippen LogP contribution in [0.25, 0.3) is 0 Å². The summed E-state index contributed by atoms with van der Waals surface area (Å²) >= 11 is 0. The summed E-state index contributed by atoms with van der Waals surface area (Å²) in [6.45, 7) is 4.67. The second-order valence-electron chi connectivity index (χ2n) is 7.04. The monoisotopic (exact) mass is 345 g/mol. The van der Waals surface area contributed by atoms with E-state index < -0.39 is 0 Å². The van der Waals surface area contributed by atoms with Gasteiger partial charge in [0.2, 0.25) is 5.91 Å². The van der Waals surface area contributed by atoms with Gasteiger partial charge >= 0.3 is 0 Å². The zero-order valence-corrected chi connectivity index (χ0v) is 15.1. The third-order valence-corrected chi connectivity index (χ3v) is 5.16. The molecule has 132 valence electrons. The molecule has 0 saturated heterocycles. The van der Waals surface area contributed by atoms with Crippen molar-refractivity contribution in [1.29, 1.82) is 0 Å². The van der Waals surface area contributed by atoms with E-state index in [0.717, 1.165) is 23.5 Å². The summed E-state index contributed by atoms with van der Waals surface area (Å²) < 4.78 is 1.96. The maximum Gasteiger partial charge on any atom is 0.228 e. The number of carbonyl (C=O) groups excluding carboxylic acids is 1. The van der Waals surface area contributed by atoms with E-state index in [-0.39, 0.29) is 11.8 Å². The van der Waals surface area contributed by atoms with Crippen LogP contribution in [0.2, 0.25) is 0 Å². The molecule has 1 amide bonds. The molecule has 2 unspecified atom stereocenters. The van der Waals surface area contributed by atoms with E-state index in [1.807, 2.05) is 54.9 Å². The molecule has 2 aromatic carbocycles. The fourth-order valence-corrected chi connectivity index (χ4v) is 3.56. The predicted molar refractivity (Wildman–Crippen MR) is 103 cm³/mol. The SMILES string of the molecule is Cc1nn(Cc2ccccc2)c(C)c1NC(=O)C1CC1c1ccccc1. The summed E-state index contributed by atoms with van der Waals surface area (Å²) in [6.07, 6.45) is 0.923. The molecule has 0 bridgehead atoms.